The van der Waals surface area contributed by atoms with E-state index in [4.69, 9.17) is 4.74 Å². The van der Waals surface area contributed by atoms with E-state index in [9.17, 15) is 24.6 Å². The predicted molar refractivity (Wildman–Crippen MR) is 132 cm³/mol. The molecule has 1 atom stereocenters. The third-order valence-electron chi connectivity index (χ3n) is 6.83. The topological polar surface area (TPSA) is 110 Å². The molecule has 1 aliphatic carbocycles. The van der Waals surface area contributed by atoms with Crippen LogP contribution in [0.3, 0.4) is 0 Å². The normalized spacial score (nSPS) is 18.7. The molecule has 192 valence electrons. The Morgan fingerprint density at radius 1 is 0.861 bits per heavy atom. The molecule has 2 aromatic carbocycles. The number of carbonyl (C=O) groups excluding carboxylic acids is 3. The molecule has 4 rings (SSSR count). The molecule has 1 aliphatic heterocycles. The highest BCUT2D eigenvalue weighted by atomic mass is 16.5. The molecule has 2 aromatic rings. The molecule has 2 aliphatic rings. The number of piperidine rings is 1. The van der Waals surface area contributed by atoms with Crippen molar-refractivity contribution in [2.45, 2.75) is 44.9 Å². The van der Waals surface area contributed by atoms with E-state index in [0.717, 1.165) is 26.1 Å². The highest BCUT2D eigenvalue weighted by Gasteiger charge is 2.61. The number of aliphatic carboxylic acids is 2. The maximum atomic E-state index is 12.9. The minimum atomic E-state index is -1.55. The Labute approximate surface area is 212 Å². The largest absolute Gasteiger partial charge is 0.545 e. The van der Waals surface area contributed by atoms with E-state index in [1.165, 1.54) is 41.5 Å². The summed E-state index contributed by atoms with van der Waals surface area (Å²) in [6.07, 6.45) is 5.46. The number of hydrogen-bond acceptors (Lipinski definition) is 7. The predicted octanol–water partition coefficient (Wildman–Crippen LogP) is 1.68. The van der Waals surface area contributed by atoms with Crippen molar-refractivity contribution >= 4 is 17.9 Å². The van der Waals surface area contributed by atoms with Gasteiger partial charge in [-0.25, -0.2) is 0 Å². The molecular formula is C29H33NO6-2. The van der Waals surface area contributed by atoms with Crippen LogP contribution in [0.15, 0.2) is 60.7 Å². The van der Waals surface area contributed by atoms with Gasteiger partial charge in [0.15, 0.2) is 0 Å². The minimum Gasteiger partial charge on any atom is -0.545 e. The molecule has 7 heteroatoms. The van der Waals surface area contributed by atoms with Gasteiger partial charge in [-0.2, -0.15) is 0 Å². The van der Waals surface area contributed by atoms with Crippen LogP contribution in [0.4, 0.5) is 0 Å². The van der Waals surface area contributed by atoms with Crippen molar-refractivity contribution < 1.29 is 29.3 Å². The Morgan fingerprint density at radius 3 is 1.78 bits per heavy atom. The molecule has 0 bridgehead atoms. The number of esters is 1. The van der Waals surface area contributed by atoms with Gasteiger partial charge in [0.1, 0.15) is 6.61 Å². The minimum absolute atomic E-state index is 0.0434. The van der Waals surface area contributed by atoms with E-state index in [1.54, 1.807) is 0 Å². The highest BCUT2D eigenvalue weighted by molar-refractivity contribution is 5.87. The molecule has 1 saturated carbocycles. The second-order valence-corrected chi connectivity index (χ2v) is 9.50. The zero-order chi connectivity index (χ0) is 26.1. The molecule has 0 amide bonds. The lowest BCUT2D eigenvalue weighted by atomic mass is 9.85. The fourth-order valence-corrected chi connectivity index (χ4v) is 4.75. The number of aryl methyl sites for hydroxylation is 2. The van der Waals surface area contributed by atoms with Crippen LogP contribution in [0.5, 0.6) is 0 Å². The summed E-state index contributed by atoms with van der Waals surface area (Å²) in [6, 6.07) is 17.3. The van der Waals surface area contributed by atoms with Crippen molar-refractivity contribution in [1.82, 2.24) is 4.90 Å². The number of nitrogens with zero attached hydrogens (tertiary/aromatic N) is 1. The fourth-order valence-electron chi connectivity index (χ4n) is 4.75. The number of ether oxygens (including phenoxy) is 1. The standard InChI is InChI=1S/C25H31NO2.C4H4O4/c1-19-6-10-21(11-7-19)25(22-12-8-20(2)9-13-22)18-23(25)24(27)28-17-16-26-14-4-3-5-15-26;5-3(6)1-2-4(7)8/h6-13,23H,3-5,14-18H2,1-2H3;1-2H,(H,5,6)(H,7,8)/p-2. The van der Waals surface area contributed by atoms with Crippen molar-refractivity contribution in [2.24, 2.45) is 5.92 Å². The van der Waals surface area contributed by atoms with E-state index in [2.05, 4.69) is 67.3 Å². The summed E-state index contributed by atoms with van der Waals surface area (Å²) in [5.74, 6) is -3.22. The van der Waals surface area contributed by atoms with Gasteiger partial charge in [-0.3, -0.25) is 9.69 Å². The first-order chi connectivity index (χ1) is 17.2. The Kier molecular flexibility index (Phi) is 9.42. The van der Waals surface area contributed by atoms with Gasteiger partial charge >= 0.3 is 5.97 Å². The van der Waals surface area contributed by atoms with Crippen LogP contribution in [0, 0.1) is 19.8 Å². The summed E-state index contributed by atoms with van der Waals surface area (Å²) < 4.78 is 5.73. The second-order valence-electron chi connectivity index (χ2n) is 9.50. The first-order valence-electron chi connectivity index (χ1n) is 12.4. The Morgan fingerprint density at radius 2 is 1.33 bits per heavy atom. The van der Waals surface area contributed by atoms with Gasteiger partial charge in [-0.15, -0.1) is 0 Å². The van der Waals surface area contributed by atoms with Crippen molar-refractivity contribution in [3.63, 3.8) is 0 Å². The highest BCUT2D eigenvalue weighted by Crippen LogP contribution is 2.59. The van der Waals surface area contributed by atoms with Crippen LogP contribution < -0.4 is 10.2 Å². The summed E-state index contributed by atoms with van der Waals surface area (Å²) in [5.41, 5.74) is 4.69. The molecular weight excluding hydrogens is 458 g/mol. The summed E-state index contributed by atoms with van der Waals surface area (Å²) in [5, 5.41) is 18.8. The average Bonchev–Trinajstić information content (AvgIpc) is 3.62. The van der Waals surface area contributed by atoms with E-state index in [-0.39, 0.29) is 17.3 Å². The molecule has 36 heavy (non-hydrogen) atoms. The number of carboxylic acid groups (broad SMARTS) is 2. The van der Waals surface area contributed by atoms with Gasteiger partial charge in [0.2, 0.25) is 0 Å². The number of carboxylic acids is 2. The molecule has 2 fully saturated rings. The Hall–Kier alpha value is -3.45. The Balaban J connectivity index is 0.000000392. The molecule has 0 spiro atoms. The quantitative estimate of drug-likeness (QED) is 0.408. The SMILES string of the molecule is Cc1ccc(C2(c3ccc(C)cc3)CC2C(=O)OCCN2CCCCC2)cc1.O=C([O-])C=CC(=O)[O-]. The lowest BCUT2D eigenvalue weighted by Crippen LogP contribution is -2.33. The summed E-state index contributed by atoms with van der Waals surface area (Å²) in [6.45, 7) is 7.84. The first-order valence-corrected chi connectivity index (χ1v) is 12.4. The van der Waals surface area contributed by atoms with Crippen molar-refractivity contribution in [2.75, 3.05) is 26.2 Å². The van der Waals surface area contributed by atoms with Crippen LogP contribution in [-0.2, 0) is 24.5 Å². The lowest BCUT2D eigenvalue weighted by Gasteiger charge is -2.26. The molecule has 7 nitrogen and oxygen atoms in total. The second kappa shape index (κ2) is 12.5. The summed E-state index contributed by atoms with van der Waals surface area (Å²) in [7, 11) is 0. The van der Waals surface area contributed by atoms with Crippen LogP contribution in [0.1, 0.15) is 47.9 Å². The third-order valence-corrected chi connectivity index (χ3v) is 6.83. The van der Waals surface area contributed by atoms with Crippen LogP contribution in [0.25, 0.3) is 0 Å². The van der Waals surface area contributed by atoms with Crippen LogP contribution in [0.2, 0.25) is 0 Å². The summed E-state index contributed by atoms with van der Waals surface area (Å²) >= 11 is 0. The number of rotatable bonds is 8. The molecule has 1 saturated heterocycles. The van der Waals surface area contributed by atoms with Crippen molar-refractivity contribution in [3.05, 3.63) is 82.9 Å². The molecule has 0 aromatic heterocycles. The number of benzene rings is 2. The monoisotopic (exact) mass is 491 g/mol. The molecule has 0 N–H and O–H groups in total. The van der Waals surface area contributed by atoms with E-state index in [1.807, 2.05) is 0 Å². The third kappa shape index (κ3) is 7.28. The van der Waals surface area contributed by atoms with Gasteiger partial charge in [0, 0.05) is 12.0 Å². The smallest absolute Gasteiger partial charge is 0.310 e. The van der Waals surface area contributed by atoms with Crippen molar-refractivity contribution in [3.8, 4) is 0 Å². The molecule has 1 unspecified atom stereocenters. The first kappa shape index (κ1) is 27.1. The van der Waals surface area contributed by atoms with Crippen LogP contribution >= 0.6 is 0 Å². The van der Waals surface area contributed by atoms with Gasteiger partial charge in [-0.1, -0.05) is 66.1 Å². The van der Waals surface area contributed by atoms with Gasteiger partial charge in [0.05, 0.1) is 17.9 Å². The van der Waals surface area contributed by atoms with Gasteiger partial charge < -0.3 is 24.5 Å². The van der Waals surface area contributed by atoms with E-state index in [0.29, 0.717) is 18.8 Å². The number of likely N-dealkylation sites (tertiary alicyclic amines) is 1. The van der Waals surface area contributed by atoms with E-state index >= 15 is 0 Å². The van der Waals surface area contributed by atoms with Gasteiger partial charge in [0.25, 0.3) is 0 Å². The lowest BCUT2D eigenvalue weighted by molar-refractivity contribution is -0.301. The average molecular weight is 492 g/mol. The maximum Gasteiger partial charge on any atom is 0.310 e. The van der Waals surface area contributed by atoms with E-state index < -0.39 is 11.9 Å². The molecule has 0 radical (unpaired) electrons. The molecule has 1 heterocycles. The maximum absolute atomic E-state index is 12.9. The number of hydrogen-bond donors (Lipinski definition) is 0. The van der Waals surface area contributed by atoms with Crippen LogP contribution in [-0.4, -0.2) is 49.0 Å². The zero-order valence-corrected chi connectivity index (χ0v) is 20.9. The number of carbonyl (C=O) groups is 3. The summed E-state index contributed by atoms with van der Waals surface area (Å²) in [4.78, 5) is 34.1. The van der Waals surface area contributed by atoms with Crippen molar-refractivity contribution in [1.29, 1.82) is 0 Å². The fraction of sp³-hybridized carbons (Fsp3) is 0.414. The van der Waals surface area contributed by atoms with Gasteiger partial charge in [-0.05, 0) is 69.5 Å². The Bertz CT molecular complexity index is 1010. The zero-order valence-electron chi connectivity index (χ0n) is 20.9.